The highest BCUT2D eigenvalue weighted by Crippen LogP contribution is 2.25. The van der Waals surface area contributed by atoms with Crippen molar-refractivity contribution < 1.29 is 4.74 Å². The molecule has 0 saturated carbocycles. The van der Waals surface area contributed by atoms with Crippen LogP contribution >= 0.6 is 35.3 Å². The summed E-state index contributed by atoms with van der Waals surface area (Å²) in [6, 6.07) is 12.8. The van der Waals surface area contributed by atoms with Crippen LogP contribution in [-0.2, 0) is 11.2 Å². The molecule has 0 spiro atoms. The second-order valence-electron chi connectivity index (χ2n) is 7.01. The molecular weight excluding hydrogens is 511 g/mol. The van der Waals surface area contributed by atoms with Crippen molar-refractivity contribution in [1.29, 1.82) is 0 Å². The van der Waals surface area contributed by atoms with Crippen LogP contribution in [0.15, 0.2) is 46.8 Å². The summed E-state index contributed by atoms with van der Waals surface area (Å²) in [6.07, 6.45) is 0.813. The molecule has 1 aromatic carbocycles. The lowest BCUT2D eigenvalue weighted by molar-refractivity contribution is 0.0177. The SMILES string of the molecule is CN=C(NCCc1nc2ccccc2[nH]1)NCC(c1cccs1)N1CCOCC1.I. The number of aliphatic imine (C=N–C) groups is 1. The lowest BCUT2D eigenvalue weighted by Crippen LogP contribution is -2.46. The van der Waals surface area contributed by atoms with Crippen LogP contribution < -0.4 is 10.6 Å². The second-order valence-corrected chi connectivity index (χ2v) is 7.99. The topological polar surface area (TPSA) is 77.6 Å². The molecule has 1 aliphatic rings. The van der Waals surface area contributed by atoms with Crippen molar-refractivity contribution in [2.24, 2.45) is 4.99 Å². The molecule has 2 aromatic heterocycles. The van der Waals surface area contributed by atoms with E-state index < -0.39 is 0 Å². The van der Waals surface area contributed by atoms with E-state index in [4.69, 9.17) is 4.74 Å². The Morgan fingerprint density at radius 3 is 2.80 bits per heavy atom. The van der Waals surface area contributed by atoms with Gasteiger partial charge in [0.2, 0.25) is 0 Å². The maximum atomic E-state index is 5.53. The van der Waals surface area contributed by atoms with Gasteiger partial charge in [0.1, 0.15) is 5.82 Å². The number of imidazole rings is 1. The van der Waals surface area contributed by atoms with E-state index in [1.54, 1.807) is 11.3 Å². The van der Waals surface area contributed by atoms with Gasteiger partial charge < -0.3 is 20.4 Å². The Morgan fingerprint density at radius 2 is 2.07 bits per heavy atom. The molecule has 30 heavy (non-hydrogen) atoms. The van der Waals surface area contributed by atoms with Crippen LogP contribution in [0.25, 0.3) is 11.0 Å². The zero-order valence-corrected chi connectivity index (χ0v) is 20.3. The first-order valence-electron chi connectivity index (χ1n) is 10.1. The van der Waals surface area contributed by atoms with Crippen molar-refractivity contribution in [3.8, 4) is 0 Å². The molecule has 3 aromatic rings. The van der Waals surface area contributed by atoms with E-state index in [-0.39, 0.29) is 24.0 Å². The van der Waals surface area contributed by atoms with E-state index in [9.17, 15) is 0 Å². The predicted octanol–water partition coefficient (Wildman–Crippen LogP) is 3.02. The second kappa shape index (κ2) is 11.6. The number of hydrogen-bond acceptors (Lipinski definition) is 5. The third kappa shape index (κ3) is 5.93. The number of aromatic nitrogens is 2. The van der Waals surface area contributed by atoms with Crippen molar-refractivity contribution in [1.82, 2.24) is 25.5 Å². The largest absolute Gasteiger partial charge is 0.379 e. The quantitative estimate of drug-likeness (QED) is 0.244. The number of nitrogens with zero attached hydrogens (tertiary/aromatic N) is 3. The molecule has 1 atom stereocenters. The van der Waals surface area contributed by atoms with Crippen molar-refractivity contribution in [2.75, 3.05) is 46.4 Å². The summed E-state index contributed by atoms with van der Waals surface area (Å²) in [5.41, 5.74) is 2.09. The molecule has 0 radical (unpaired) electrons. The molecule has 1 aliphatic heterocycles. The maximum Gasteiger partial charge on any atom is 0.191 e. The molecule has 3 N–H and O–H groups in total. The van der Waals surface area contributed by atoms with Crippen LogP contribution in [0.4, 0.5) is 0 Å². The Kier molecular flexibility index (Phi) is 8.91. The number of halogens is 1. The predicted molar refractivity (Wildman–Crippen MR) is 134 cm³/mol. The lowest BCUT2D eigenvalue weighted by atomic mass is 10.2. The Labute approximate surface area is 198 Å². The molecular formula is C21H29IN6OS. The smallest absolute Gasteiger partial charge is 0.191 e. The van der Waals surface area contributed by atoms with Gasteiger partial charge in [-0.2, -0.15) is 0 Å². The minimum absolute atomic E-state index is 0. The van der Waals surface area contributed by atoms with Crippen molar-refractivity contribution in [3.05, 3.63) is 52.5 Å². The molecule has 1 saturated heterocycles. The first-order chi connectivity index (χ1) is 14.3. The van der Waals surface area contributed by atoms with Gasteiger partial charge in [-0.05, 0) is 23.6 Å². The first kappa shape index (κ1) is 23.0. The molecule has 1 fully saturated rings. The van der Waals surface area contributed by atoms with Crippen LogP contribution in [-0.4, -0.2) is 67.3 Å². The highest BCUT2D eigenvalue weighted by molar-refractivity contribution is 14.0. The lowest BCUT2D eigenvalue weighted by Gasteiger charge is -2.34. The van der Waals surface area contributed by atoms with E-state index in [0.29, 0.717) is 6.04 Å². The average molecular weight is 540 g/mol. The fourth-order valence-corrected chi connectivity index (χ4v) is 4.48. The molecule has 3 heterocycles. The highest BCUT2D eigenvalue weighted by Gasteiger charge is 2.23. The number of morpholine rings is 1. The molecule has 1 unspecified atom stereocenters. The minimum atomic E-state index is 0. The maximum absolute atomic E-state index is 5.53. The monoisotopic (exact) mass is 540 g/mol. The van der Waals surface area contributed by atoms with Gasteiger partial charge in [0, 0.05) is 44.5 Å². The molecule has 9 heteroatoms. The summed E-state index contributed by atoms with van der Waals surface area (Å²) in [5.74, 6) is 1.80. The van der Waals surface area contributed by atoms with Crippen LogP contribution in [0.2, 0.25) is 0 Å². The van der Waals surface area contributed by atoms with Gasteiger partial charge in [-0.25, -0.2) is 4.98 Å². The summed E-state index contributed by atoms with van der Waals surface area (Å²) in [6.45, 7) is 5.09. The summed E-state index contributed by atoms with van der Waals surface area (Å²) in [4.78, 5) is 16.2. The third-order valence-electron chi connectivity index (χ3n) is 5.14. The molecule has 162 valence electrons. The molecule has 0 amide bonds. The first-order valence-corrected chi connectivity index (χ1v) is 10.9. The summed E-state index contributed by atoms with van der Waals surface area (Å²) in [7, 11) is 1.81. The van der Waals surface area contributed by atoms with Crippen LogP contribution in [0.3, 0.4) is 0 Å². The zero-order valence-electron chi connectivity index (χ0n) is 17.1. The molecule has 7 nitrogen and oxygen atoms in total. The van der Waals surface area contributed by atoms with Gasteiger partial charge in [-0.1, -0.05) is 18.2 Å². The van der Waals surface area contributed by atoms with Gasteiger partial charge >= 0.3 is 0 Å². The van der Waals surface area contributed by atoms with Gasteiger partial charge in [0.25, 0.3) is 0 Å². The van der Waals surface area contributed by atoms with Gasteiger partial charge in [0.05, 0.1) is 30.3 Å². The number of ether oxygens (including phenoxy) is 1. The number of H-pyrrole nitrogens is 1. The van der Waals surface area contributed by atoms with Crippen LogP contribution in [0, 0.1) is 0 Å². The third-order valence-corrected chi connectivity index (χ3v) is 6.11. The highest BCUT2D eigenvalue weighted by atomic mass is 127. The van der Waals surface area contributed by atoms with E-state index in [0.717, 1.165) is 68.6 Å². The number of rotatable bonds is 7. The fourth-order valence-electron chi connectivity index (χ4n) is 3.62. The van der Waals surface area contributed by atoms with Crippen molar-refractivity contribution in [2.45, 2.75) is 12.5 Å². The zero-order chi connectivity index (χ0) is 19.9. The Balaban J connectivity index is 0.00000256. The number of guanidine groups is 1. The van der Waals surface area contributed by atoms with Gasteiger partial charge in [-0.15, -0.1) is 35.3 Å². The Bertz CT molecular complexity index is 890. The van der Waals surface area contributed by atoms with Gasteiger partial charge in [0.15, 0.2) is 5.96 Å². The minimum Gasteiger partial charge on any atom is -0.379 e. The van der Waals surface area contributed by atoms with E-state index in [2.05, 4.69) is 54.1 Å². The number of thiophene rings is 1. The Hall–Kier alpha value is -1.69. The Morgan fingerprint density at radius 1 is 1.23 bits per heavy atom. The van der Waals surface area contributed by atoms with Gasteiger partial charge in [-0.3, -0.25) is 9.89 Å². The number of aromatic amines is 1. The van der Waals surface area contributed by atoms with E-state index in [1.165, 1.54) is 4.88 Å². The summed E-state index contributed by atoms with van der Waals surface area (Å²) < 4.78 is 5.53. The fraction of sp³-hybridized carbons (Fsp3) is 0.429. The number of para-hydroxylation sites is 2. The molecule has 4 rings (SSSR count). The normalized spacial score (nSPS) is 16.2. The average Bonchev–Trinajstić information content (AvgIpc) is 3.43. The van der Waals surface area contributed by atoms with Crippen LogP contribution in [0.5, 0.6) is 0 Å². The summed E-state index contributed by atoms with van der Waals surface area (Å²) in [5, 5.41) is 9.05. The standard InChI is InChI=1S/C21H28N6OS.HI/c1-22-21(23-9-8-20-25-16-5-2-3-6-17(16)26-20)24-15-18(19-7-4-14-29-19)27-10-12-28-13-11-27;/h2-7,14,18H,8-13,15H2,1H3,(H,25,26)(H2,22,23,24);1H. The number of benzene rings is 1. The van der Waals surface area contributed by atoms with Crippen molar-refractivity contribution >= 4 is 52.3 Å². The van der Waals surface area contributed by atoms with Crippen LogP contribution in [0.1, 0.15) is 16.7 Å². The summed E-state index contributed by atoms with van der Waals surface area (Å²) >= 11 is 1.81. The number of hydrogen-bond donors (Lipinski definition) is 3. The van der Waals surface area contributed by atoms with E-state index >= 15 is 0 Å². The molecule has 0 bridgehead atoms. The number of nitrogens with one attached hydrogen (secondary N) is 3. The molecule has 0 aliphatic carbocycles. The van der Waals surface area contributed by atoms with E-state index in [1.807, 2.05) is 25.2 Å². The van der Waals surface area contributed by atoms with Crippen molar-refractivity contribution in [3.63, 3.8) is 0 Å². The number of fused-ring (bicyclic) bond motifs is 1.